The highest BCUT2D eigenvalue weighted by Gasteiger charge is 2.51. The molecule has 0 aromatic carbocycles. The average molecular weight is 210 g/mol. The molecule has 2 aliphatic rings. The van der Waals surface area contributed by atoms with Gasteiger partial charge in [-0.25, -0.2) is 0 Å². The summed E-state index contributed by atoms with van der Waals surface area (Å²) in [7, 11) is 0. The molecule has 1 saturated heterocycles. The predicted molar refractivity (Wildman–Crippen MR) is 59.7 cm³/mol. The van der Waals surface area contributed by atoms with Crippen molar-refractivity contribution in [2.24, 2.45) is 11.3 Å². The van der Waals surface area contributed by atoms with Gasteiger partial charge in [-0.2, -0.15) is 0 Å². The molecule has 2 nitrogen and oxygen atoms in total. The van der Waals surface area contributed by atoms with Crippen LogP contribution in [-0.4, -0.2) is 18.0 Å². The minimum Gasteiger partial charge on any atom is -0.361 e. The highest BCUT2D eigenvalue weighted by atomic mass is 16.6. The first kappa shape index (κ1) is 11.1. The third-order valence-corrected chi connectivity index (χ3v) is 3.64. The van der Waals surface area contributed by atoms with Gasteiger partial charge in [-0.1, -0.05) is 40.0 Å². The molecule has 0 spiro atoms. The van der Waals surface area contributed by atoms with E-state index in [-0.39, 0.29) is 23.4 Å². The van der Waals surface area contributed by atoms with Gasteiger partial charge in [-0.3, -0.25) is 4.79 Å². The third-order valence-electron chi connectivity index (χ3n) is 3.64. The highest BCUT2D eigenvalue weighted by Crippen LogP contribution is 2.41. The van der Waals surface area contributed by atoms with Gasteiger partial charge in [0.15, 0.2) is 5.78 Å². The number of rotatable bonds is 2. The molecule has 1 saturated carbocycles. The summed E-state index contributed by atoms with van der Waals surface area (Å²) >= 11 is 0. The van der Waals surface area contributed by atoms with Gasteiger partial charge in [0.2, 0.25) is 0 Å². The Hall–Kier alpha value is -0.370. The van der Waals surface area contributed by atoms with Crippen LogP contribution in [0.2, 0.25) is 0 Å². The SMILES string of the molecule is CC(C)(C)C(=O)[C@H]1O[C@@H]1C1CCCCC1. The summed E-state index contributed by atoms with van der Waals surface area (Å²) in [5.74, 6) is 0.952. The quantitative estimate of drug-likeness (QED) is 0.656. The minimum absolute atomic E-state index is 0.0758. The van der Waals surface area contributed by atoms with Crippen molar-refractivity contribution in [3.8, 4) is 0 Å². The fourth-order valence-electron chi connectivity index (χ4n) is 2.58. The lowest BCUT2D eigenvalue weighted by Crippen LogP contribution is -2.28. The summed E-state index contributed by atoms with van der Waals surface area (Å²) in [5, 5.41) is 0. The molecular formula is C13H22O2. The summed E-state index contributed by atoms with van der Waals surface area (Å²) in [6, 6.07) is 0. The van der Waals surface area contributed by atoms with E-state index in [0.717, 1.165) is 0 Å². The van der Waals surface area contributed by atoms with Crippen molar-refractivity contribution in [3.05, 3.63) is 0 Å². The second-order valence-corrected chi connectivity index (χ2v) is 6.03. The Labute approximate surface area is 92.4 Å². The summed E-state index contributed by atoms with van der Waals surface area (Å²) in [4.78, 5) is 12.0. The van der Waals surface area contributed by atoms with Crippen molar-refractivity contribution < 1.29 is 9.53 Å². The zero-order valence-electron chi connectivity index (χ0n) is 10.1. The number of carbonyl (C=O) groups is 1. The number of carbonyl (C=O) groups excluding carboxylic acids is 1. The largest absolute Gasteiger partial charge is 0.361 e. The molecule has 0 unspecified atom stereocenters. The van der Waals surface area contributed by atoms with Gasteiger partial charge in [-0.05, 0) is 18.8 Å². The second kappa shape index (κ2) is 3.89. The van der Waals surface area contributed by atoms with E-state index in [0.29, 0.717) is 5.92 Å². The van der Waals surface area contributed by atoms with Crippen LogP contribution in [0.1, 0.15) is 52.9 Å². The van der Waals surface area contributed by atoms with Gasteiger partial charge in [0.1, 0.15) is 6.10 Å². The molecule has 2 atom stereocenters. The van der Waals surface area contributed by atoms with Gasteiger partial charge >= 0.3 is 0 Å². The van der Waals surface area contributed by atoms with Gasteiger partial charge in [-0.15, -0.1) is 0 Å². The lowest BCUT2D eigenvalue weighted by Gasteiger charge is -2.20. The van der Waals surface area contributed by atoms with Crippen molar-refractivity contribution >= 4 is 5.78 Å². The maximum Gasteiger partial charge on any atom is 0.169 e. The van der Waals surface area contributed by atoms with Gasteiger partial charge < -0.3 is 4.74 Å². The number of ether oxygens (including phenoxy) is 1. The average Bonchev–Trinajstić information content (AvgIpc) is 2.96. The first-order chi connectivity index (χ1) is 7.00. The van der Waals surface area contributed by atoms with E-state index >= 15 is 0 Å². The Morgan fingerprint density at radius 2 is 1.73 bits per heavy atom. The third kappa shape index (κ3) is 2.41. The molecule has 2 fully saturated rings. The maximum atomic E-state index is 12.0. The molecule has 2 heteroatoms. The smallest absolute Gasteiger partial charge is 0.169 e. The molecule has 0 aromatic heterocycles. The molecule has 0 radical (unpaired) electrons. The van der Waals surface area contributed by atoms with Crippen molar-refractivity contribution in [2.75, 3.05) is 0 Å². The topological polar surface area (TPSA) is 29.6 Å². The number of Topliss-reactive ketones (excluding diaryl/α,β-unsaturated/α-hetero) is 1. The molecule has 0 N–H and O–H groups in total. The summed E-state index contributed by atoms with van der Waals surface area (Å²) in [6.45, 7) is 5.94. The fourth-order valence-corrected chi connectivity index (χ4v) is 2.58. The van der Waals surface area contributed by atoms with E-state index in [1.54, 1.807) is 0 Å². The second-order valence-electron chi connectivity index (χ2n) is 6.03. The van der Waals surface area contributed by atoms with E-state index in [4.69, 9.17) is 4.74 Å². The minimum atomic E-state index is -0.242. The highest BCUT2D eigenvalue weighted by molar-refractivity contribution is 5.90. The molecule has 86 valence electrons. The van der Waals surface area contributed by atoms with Crippen LogP contribution in [0.5, 0.6) is 0 Å². The van der Waals surface area contributed by atoms with Crippen LogP contribution in [0.3, 0.4) is 0 Å². The standard InChI is InChI=1S/C13H22O2/c1-13(2,3)12(14)11-10(15-11)9-7-5-4-6-8-9/h9-11H,4-8H2,1-3H3/t10-,11+/m1/s1. The Morgan fingerprint density at radius 3 is 2.27 bits per heavy atom. The van der Waals surface area contributed by atoms with Crippen LogP contribution in [0.4, 0.5) is 0 Å². The van der Waals surface area contributed by atoms with E-state index in [2.05, 4.69) is 0 Å². The summed E-state index contributed by atoms with van der Waals surface area (Å²) < 4.78 is 5.60. The predicted octanol–water partition coefficient (Wildman–Crippen LogP) is 2.95. The van der Waals surface area contributed by atoms with Crippen LogP contribution in [0.15, 0.2) is 0 Å². The normalized spacial score (nSPS) is 32.7. The molecule has 0 amide bonds. The summed E-state index contributed by atoms with van der Waals surface area (Å²) in [6.07, 6.45) is 6.71. The molecular weight excluding hydrogens is 188 g/mol. The van der Waals surface area contributed by atoms with E-state index in [9.17, 15) is 4.79 Å². The Kier molecular flexibility index (Phi) is 2.89. The molecule has 2 rings (SSSR count). The van der Waals surface area contributed by atoms with Gasteiger partial charge in [0, 0.05) is 5.41 Å². The molecule has 0 bridgehead atoms. The number of hydrogen-bond donors (Lipinski definition) is 0. The summed E-state index contributed by atoms with van der Waals surface area (Å²) in [5.41, 5.74) is -0.242. The molecule has 0 aromatic rings. The zero-order chi connectivity index (χ0) is 11.1. The van der Waals surface area contributed by atoms with E-state index < -0.39 is 0 Å². The van der Waals surface area contributed by atoms with Crippen LogP contribution in [0.25, 0.3) is 0 Å². The van der Waals surface area contributed by atoms with Crippen molar-refractivity contribution in [1.29, 1.82) is 0 Å². The maximum absolute atomic E-state index is 12.0. The molecule has 1 aliphatic carbocycles. The van der Waals surface area contributed by atoms with Crippen LogP contribution < -0.4 is 0 Å². The first-order valence-corrected chi connectivity index (χ1v) is 6.20. The number of hydrogen-bond acceptors (Lipinski definition) is 2. The molecule has 1 heterocycles. The molecule has 1 aliphatic heterocycles. The van der Waals surface area contributed by atoms with Crippen LogP contribution >= 0.6 is 0 Å². The van der Waals surface area contributed by atoms with Crippen LogP contribution in [-0.2, 0) is 9.53 Å². The first-order valence-electron chi connectivity index (χ1n) is 6.20. The van der Waals surface area contributed by atoms with Crippen LogP contribution in [0, 0.1) is 11.3 Å². The lowest BCUT2D eigenvalue weighted by atomic mass is 9.82. The van der Waals surface area contributed by atoms with Crippen molar-refractivity contribution in [2.45, 2.75) is 65.1 Å². The van der Waals surface area contributed by atoms with E-state index in [1.807, 2.05) is 20.8 Å². The van der Waals surface area contributed by atoms with Gasteiger partial charge in [0.25, 0.3) is 0 Å². The Morgan fingerprint density at radius 1 is 1.13 bits per heavy atom. The van der Waals surface area contributed by atoms with Crippen molar-refractivity contribution in [1.82, 2.24) is 0 Å². The lowest BCUT2D eigenvalue weighted by molar-refractivity contribution is -0.127. The van der Waals surface area contributed by atoms with Gasteiger partial charge in [0.05, 0.1) is 6.10 Å². The number of epoxide rings is 1. The monoisotopic (exact) mass is 210 g/mol. The van der Waals surface area contributed by atoms with E-state index in [1.165, 1.54) is 32.1 Å². The molecule has 15 heavy (non-hydrogen) atoms. The Balaban J connectivity index is 1.87. The fraction of sp³-hybridized carbons (Fsp3) is 0.923. The van der Waals surface area contributed by atoms with Crippen molar-refractivity contribution in [3.63, 3.8) is 0 Å². The Bertz CT molecular complexity index is 246. The number of ketones is 1. The zero-order valence-corrected chi connectivity index (χ0v) is 10.1.